The molecule has 0 aliphatic heterocycles. The summed E-state index contributed by atoms with van der Waals surface area (Å²) in [6.07, 6.45) is 0.966. The molecular weight excluding hydrogens is 347 g/mol. The zero-order valence-electron chi connectivity index (χ0n) is 12.8. The number of hydrogen-bond donors (Lipinski definition) is 1. The molecule has 4 nitrogen and oxygen atoms in total. The summed E-state index contributed by atoms with van der Waals surface area (Å²) in [5.41, 5.74) is 1.49. The Labute approximate surface area is 149 Å². The molecular formula is C18H14Cl2N2O2. The highest BCUT2D eigenvalue weighted by atomic mass is 35.5. The maximum Gasteiger partial charge on any atom is 0.265 e. The van der Waals surface area contributed by atoms with E-state index in [1.807, 2.05) is 30.3 Å². The number of fused-ring (bicyclic) bond motifs is 1. The predicted molar refractivity (Wildman–Crippen MR) is 96.9 cm³/mol. The largest absolute Gasteiger partial charge is 0.479 e. The fourth-order valence-electron chi connectivity index (χ4n) is 2.27. The third-order valence-corrected chi connectivity index (χ3v) is 4.29. The fourth-order valence-corrected chi connectivity index (χ4v) is 2.60. The monoisotopic (exact) mass is 360 g/mol. The molecule has 0 spiro atoms. The topological polar surface area (TPSA) is 51.2 Å². The number of amides is 1. The molecule has 24 heavy (non-hydrogen) atoms. The Balaban J connectivity index is 1.77. The molecule has 0 bridgehead atoms. The molecule has 0 aliphatic rings. The zero-order chi connectivity index (χ0) is 17.1. The number of carbonyl (C=O) groups is 1. The second-order valence-electron chi connectivity index (χ2n) is 5.18. The lowest BCUT2D eigenvalue weighted by Gasteiger charge is -2.16. The Kier molecular flexibility index (Phi) is 4.88. The van der Waals surface area contributed by atoms with Gasteiger partial charge >= 0.3 is 0 Å². The smallest absolute Gasteiger partial charge is 0.265 e. The van der Waals surface area contributed by atoms with Gasteiger partial charge in [-0.3, -0.25) is 9.78 Å². The first kappa shape index (κ1) is 16.6. The molecule has 1 unspecified atom stereocenters. The van der Waals surface area contributed by atoms with Gasteiger partial charge in [0.05, 0.1) is 16.2 Å². The molecule has 122 valence electrons. The molecule has 0 aliphatic carbocycles. The van der Waals surface area contributed by atoms with Crippen LogP contribution in [0.4, 0.5) is 5.69 Å². The number of rotatable bonds is 4. The average molecular weight is 361 g/mol. The minimum absolute atomic E-state index is 0.285. The van der Waals surface area contributed by atoms with Gasteiger partial charge in [0.15, 0.2) is 6.10 Å². The third-order valence-electron chi connectivity index (χ3n) is 3.49. The maximum atomic E-state index is 12.4. The van der Waals surface area contributed by atoms with Gasteiger partial charge in [-0.1, -0.05) is 35.3 Å². The van der Waals surface area contributed by atoms with Gasteiger partial charge in [-0.25, -0.2) is 0 Å². The molecule has 3 rings (SSSR count). The number of benzene rings is 2. The van der Waals surface area contributed by atoms with Crippen LogP contribution in [0.2, 0.25) is 10.0 Å². The van der Waals surface area contributed by atoms with E-state index in [4.69, 9.17) is 27.9 Å². The van der Waals surface area contributed by atoms with E-state index in [0.717, 1.165) is 10.9 Å². The second-order valence-corrected chi connectivity index (χ2v) is 5.96. The van der Waals surface area contributed by atoms with Crippen LogP contribution in [0.1, 0.15) is 6.92 Å². The summed E-state index contributed by atoms with van der Waals surface area (Å²) < 4.78 is 5.63. The van der Waals surface area contributed by atoms with Crippen molar-refractivity contribution in [1.29, 1.82) is 0 Å². The number of aromatic nitrogens is 1. The van der Waals surface area contributed by atoms with Crippen molar-refractivity contribution >= 4 is 45.7 Å². The summed E-state index contributed by atoms with van der Waals surface area (Å²) in [5, 5.41) is 4.38. The van der Waals surface area contributed by atoms with E-state index in [1.165, 1.54) is 0 Å². The van der Waals surface area contributed by atoms with Crippen LogP contribution in [0.3, 0.4) is 0 Å². The molecule has 1 N–H and O–H groups in total. The molecule has 1 amide bonds. The summed E-state index contributed by atoms with van der Waals surface area (Å²) in [6.45, 7) is 1.65. The van der Waals surface area contributed by atoms with Gasteiger partial charge in [-0.2, -0.15) is 0 Å². The van der Waals surface area contributed by atoms with E-state index in [-0.39, 0.29) is 10.9 Å². The molecule has 1 atom stereocenters. The van der Waals surface area contributed by atoms with E-state index < -0.39 is 6.10 Å². The molecule has 2 aromatic carbocycles. The van der Waals surface area contributed by atoms with Crippen LogP contribution in [0.15, 0.2) is 54.7 Å². The molecule has 3 aromatic rings. The zero-order valence-corrected chi connectivity index (χ0v) is 14.3. The Hall–Kier alpha value is -2.30. The van der Waals surface area contributed by atoms with E-state index in [2.05, 4.69) is 10.3 Å². The van der Waals surface area contributed by atoms with Crippen LogP contribution in [0.25, 0.3) is 10.9 Å². The van der Waals surface area contributed by atoms with E-state index in [0.29, 0.717) is 16.5 Å². The first-order valence-corrected chi connectivity index (χ1v) is 8.07. The summed E-state index contributed by atoms with van der Waals surface area (Å²) >= 11 is 12.0. The van der Waals surface area contributed by atoms with Gasteiger partial charge in [0.2, 0.25) is 0 Å². The van der Waals surface area contributed by atoms with Crippen LogP contribution in [0, 0.1) is 0 Å². The van der Waals surface area contributed by atoms with Gasteiger partial charge in [0, 0.05) is 11.6 Å². The van der Waals surface area contributed by atoms with Crippen LogP contribution < -0.4 is 10.1 Å². The Morgan fingerprint density at radius 3 is 2.75 bits per heavy atom. The van der Waals surface area contributed by atoms with Crippen molar-refractivity contribution < 1.29 is 9.53 Å². The maximum absolute atomic E-state index is 12.4. The highest BCUT2D eigenvalue weighted by molar-refractivity contribution is 6.42. The van der Waals surface area contributed by atoms with Gasteiger partial charge in [-0.15, -0.1) is 0 Å². The lowest BCUT2D eigenvalue weighted by molar-refractivity contribution is -0.122. The molecule has 1 heterocycles. The van der Waals surface area contributed by atoms with E-state index >= 15 is 0 Å². The van der Waals surface area contributed by atoms with Crippen LogP contribution >= 0.6 is 23.2 Å². The summed E-state index contributed by atoms with van der Waals surface area (Å²) in [7, 11) is 0. The van der Waals surface area contributed by atoms with Gasteiger partial charge in [0.1, 0.15) is 10.8 Å². The number of ether oxygens (including phenoxy) is 1. The minimum Gasteiger partial charge on any atom is -0.479 e. The van der Waals surface area contributed by atoms with Crippen molar-refractivity contribution in [3.05, 3.63) is 64.8 Å². The number of nitrogens with one attached hydrogen (secondary N) is 1. The highest BCUT2D eigenvalue weighted by Gasteiger charge is 2.18. The number of anilines is 1. The molecule has 6 heteroatoms. The van der Waals surface area contributed by atoms with E-state index in [9.17, 15) is 4.79 Å². The van der Waals surface area contributed by atoms with Gasteiger partial charge in [0.25, 0.3) is 5.91 Å². The van der Waals surface area contributed by atoms with Crippen molar-refractivity contribution in [1.82, 2.24) is 4.98 Å². The van der Waals surface area contributed by atoms with E-state index in [1.54, 1.807) is 31.3 Å². The molecule has 0 radical (unpaired) electrons. The first-order valence-electron chi connectivity index (χ1n) is 7.31. The quantitative estimate of drug-likeness (QED) is 0.716. The van der Waals surface area contributed by atoms with Crippen molar-refractivity contribution in [2.45, 2.75) is 13.0 Å². The standard InChI is InChI=1S/C18H14Cl2N2O2/c1-11(24-16-9-2-6-13(19)17(16)20)18(23)22-15-8-3-7-14-12(15)5-4-10-21-14/h2-11H,1H3,(H,22,23). The summed E-state index contributed by atoms with van der Waals surface area (Å²) in [5.74, 6) is 0.0776. The molecule has 0 saturated carbocycles. The normalized spacial score (nSPS) is 12.0. The van der Waals surface area contributed by atoms with Crippen molar-refractivity contribution in [2.24, 2.45) is 0 Å². The number of hydrogen-bond acceptors (Lipinski definition) is 3. The predicted octanol–water partition coefficient (Wildman–Crippen LogP) is 4.95. The number of halogens is 2. The highest BCUT2D eigenvalue weighted by Crippen LogP contribution is 2.32. The summed E-state index contributed by atoms with van der Waals surface area (Å²) in [4.78, 5) is 16.7. The minimum atomic E-state index is -0.743. The first-order chi connectivity index (χ1) is 11.6. The lowest BCUT2D eigenvalue weighted by atomic mass is 10.2. The fraction of sp³-hybridized carbons (Fsp3) is 0.111. The van der Waals surface area contributed by atoms with Crippen LogP contribution in [0.5, 0.6) is 5.75 Å². The second kappa shape index (κ2) is 7.07. The number of nitrogens with zero attached hydrogens (tertiary/aromatic N) is 1. The average Bonchev–Trinajstić information content (AvgIpc) is 2.59. The van der Waals surface area contributed by atoms with Crippen molar-refractivity contribution in [3.8, 4) is 5.75 Å². The van der Waals surface area contributed by atoms with Gasteiger partial charge in [-0.05, 0) is 43.3 Å². The third kappa shape index (κ3) is 3.45. The van der Waals surface area contributed by atoms with Crippen molar-refractivity contribution in [3.63, 3.8) is 0 Å². The molecule has 0 saturated heterocycles. The lowest BCUT2D eigenvalue weighted by Crippen LogP contribution is -2.30. The van der Waals surface area contributed by atoms with Crippen LogP contribution in [-0.4, -0.2) is 17.0 Å². The number of pyridine rings is 1. The molecule has 1 aromatic heterocycles. The van der Waals surface area contributed by atoms with Crippen molar-refractivity contribution in [2.75, 3.05) is 5.32 Å². The summed E-state index contributed by atoms with van der Waals surface area (Å²) in [6, 6.07) is 14.3. The van der Waals surface area contributed by atoms with Crippen LogP contribution in [-0.2, 0) is 4.79 Å². The molecule has 0 fully saturated rings. The van der Waals surface area contributed by atoms with Gasteiger partial charge < -0.3 is 10.1 Å². The Morgan fingerprint density at radius 1 is 1.12 bits per heavy atom. The number of carbonyl (C=O) groups excluding carboxylic acids is 1. The Morgan fingerprint density at radius 2 is 1.92 bits per heavy atom. The Bertz CT molecular complexity index is 894. The SMILES string of the molecule is CC(Oc1cccc(Cl)c1Cl)C(=O)Nc1cccc2ncccc12.